The average molecular weight is 228 g/mol. The summed E-state index contributed by atoms with van der Waals surface area (Å²) in [7, 11) is 1.82. The van der Waals surface area contributed by atoms with Gasteiger partial charge >= 0.3 is 0 Å². The zero-order chi connectivity index (χ0) is 12.0. The van der Waals surface area contributed by atoms with E-state index in [0.29, 0.717) is 5.82 Å². The Morgan fingerprint density at radius 2 is 2.18 bits per heavy atom. The van der Waals surface area contributed by atoms with Gasteiger partial charge in [0.1, 0.15) is 5.82 Å². The van der Waals surface area contributed by atoms with Crippen molar-refractivity contribution in [2.75, 3.05) is 5.73 Å². The second kappa shape index (κ2) is 3.35. The van der Waals surface area contributed by atoms with Gasteiger partial charge in [0.15, 0.2) is 5.58 Å². The Hall–Kier alpha value is -2.30. The summed E-state index contributed by atoms with van der Waals surface area (Å²) in [6, 6.07) is 5.92. The van der Waals surface area contributed by atoms with Crippen LogP contribution in [0.15, 0.2) is 28.9 Å². The van der Waals surface area contributed by atoms with Crippen molar-refractivity contribution in [3.8, 4) is 11.1 Å². The van der Waals surface area contributed by atoms with E-state index < -0.39 is 0 Å². The van der Waals surface area contributed by atoms with Crippen molar-refractivity contribution in [2.45, 2.75) is 6.92 Å². The molecule has 1 aromatic carbocycles. The molecule has 3 rings (SSSR count). The molecule has 17 heavy (non-hydrogen) atoms. The minimum Gasteiger partial charge on any atom is -0.383 e. The van der Waals surface area contributed by atoms with Gasteiger partial charge in [-0.3, -0.25) is 4.68 Å². The molecule has 0 aliphatic heterocycles. The predicted molar refractivity (Wildman–Crippen MR) is 65.4 cm³/mol. The van der Waals surface area contributed by atoms with E-state index in [1.54, 1.807) is 10.9 Å². The van der Waals surface area contributed by atoms with E-state index in [0.717, 1.165) is 27.8 Å². The van der Waals surface area contributed by atoms with E-state index in [1.807, 2.05) is 32.2 Å². The predicted octanol–water partition coefficient (Wildman–Crippen LogP) is 2.12. The number of rotatable bonds is 1. The van der Waals surface area contributed by atoms with Crippen molar-refractivity contribution in [3.63, 3.8) is 0 Å². The SMILES string of the molecule is Cc1noc2cc(-c3cnn(C)c3N)ccc12. The average Bonchev–Trinajstić information content (AvgIpc) is 2.85. The molecule has 0 bridgehead atoms. The molecule has 2 aromatic heterocycles. The summed E-state index contributed by atoms with van der Waals surface area (Å²) in [5.74, 6) is 0.639. The minimum absolute atomic E-state index is 0.639. The first-order chi connectivity index (χ1) is 8.16. The van der Waals surface area contributed by atoms with Crippen molar-refractivity contribution in [1.29, 1.82) is 0 Å². The van der Waals surface area contributed by atoms with Gasteiger partial charge in [-0.25, -0.2) is 0 Å². The van der Waals surface area contributed by atoms with Crippen LogP contribution in [0.4, 0.5) is 5.82 Å². The third-order valence-corrected chi connectivity index (χ3v) is 2.95. The van der Waals surface area contributed by atoms with Crippen LogP contribution in [0.2, 0.25) is 0 Å². The Morgan fingerprint density at radius 1 is 1.35 bits per heavy atom. The number of nitrogen functional groups attached to an aromatic ring is 1. The molecule has 5 nitrogen and oxygen atoms in total. The zero-order valence-electron chi connectivity index (χ0n) is 9.64. The van der Waals surface area contributed by atoms with Gasteiger partial charge in [-0.05, 0) is 24.6 Å². The molecule has 0 fully saturated rings. The molecule has 0 unspecified atom stereocenters. The monoisotopic (exact) mass is 228 g/mol. The Morgan fingerprint density at radius 3 is 2.88 bits per heavy atom. The van der Waals surface area contributed by atoms with E-state index in [-0.39, 0.29) is 0 Å². The van der Waals surface area contributed by atoms with Crippen LogP contribution in [-0.2, 0) is 7.05 Å². The fourth-order valence-corrected chi connectivity index (χ4v) is 1.90. The van der Waals surface area contributed by atoms with Crippen LogP contribution in [-0.4, -0.2) is 14.9 Å². The van der Waals surface area contributed by atoms with Crippen LogP contribution in [0.1, 0.15) is 5.69 Å². The summed E-state index contributed by atoms with van der Waals surface area (Å²) in [4.78, 5) is 0. The van der Waals surface area contributed by atoms with E-state index in [9.17, 15) is 0 Å². The summed E-state index contributed by atoms with van der Waals surface area (Å²) in [5, 5.41) is 9.08. The van der Waals surface area contributed by atoms with Crippen LogP contribution >= 0.6 is 0 Å². The molecule has 0 aliphatic rings. The minimum atomic E-state index is 0.639. The largest absolute Gasteiger partial charge is 0.383 e. The number of benzene rings is 1. The number of hydrogen-bond acceptors (Lipinski definition) is 4. The van der Waals surface area contributed by atoms with Crippen molar-refractivity contribution < 1.29 is 4.52 Å². The van der Waals surface area contributed by atoms with Crippen molar-refractivity contribution in [2.24, 2.45) is 7.05 Å². The summed E-state index contributed by atoms with van der Waals surface area (Å²) in [5.41, 5.74) is 9.49. The van der Waals surface area contributed by atoms with Gasteiger partial charge in [0.25, 0.3) is 0 Å². The Bertz CT molecular complexity index is 696. The molecule has 0 saturated heterocycles. The lowest BCUT2D eigenvalue weighted by molar-refractivity contribution is 0.450. The molecule has 0 radical (unpaired) electrons. The molecule has 0 aliphatic carbocycles. The first-order valence-corrected chi connectivity index (χ1v) is 5.30. The fourth-order valence-electron chi connectivity index (χ4n) is 1.90. The highest BCUT2D eigenvalue weighted by Crippen LogP contribution is 2.29. The van der Waals surface area contributed by atoms with Crippen LogP contribution in [0.25, 0.3) is 22.1 Å². The number of anilines is 1. The third-order valence-electron chi connectivity index (χ3n) is 2.95. The lowest BCUT2D eigenvalue weighted by Crippen LogP contribution is -1.97. The number of nitrogens with two attached hydrogens (primary N) is 1. The van der Waals surface area contributed by atoms with Crippen LogP contribution in [0, 0.1) is 6.92 Å². The Kier molecular flexibility index (Phi) is 1.95. The number of hydrogen-bond donors (Lipinski definition) is 1. The van der Waals surface area contributed by atoms with E-state index in [1.165, 1.54) is 0 Å². The maximum Gasteiger partial charge on any atom is 0.167 e. The third kappa shape index (κ3) is 1.39. The number of aryl methyl sites for hydroxylation is 2. The molecule has 0 amide bonds. The van der Waals surface area contributed by atoms with Crippen molar-refractivity contribution in [1.82, 2.24) is 14.9 Å². The quantitative estimate of drug-likeness (QED) is 0.692. The number of fused-ring (bicyclic) bond motifs is 1. The van der Waals surface area contributed by atoms with E-state index in [2.05, 4.69) is 10.3 Å². The Labute approximate surface area is 97.8 Å². The lowest BCUT2D eigenvalue weighted by atomic mass is 10.1. The van der Waals surface area contributed by atoms with Crippen LogP contribution < -0.4 is 5.73 Å². The molecule has 2 heterocycles. The van der Waals surface area contributed by atoms with Crippen molar-refractivity contribution >= 4 is 16.8 Å². The van der Waals surface area contributed by atoms with Gasteiger partial charge < -0.3 is 10.3 Å². The molecular formula is C12H12N4O. The lowest BCUT2D eigenvalue weighted by Gasteiger charge is -2.00. The van der Waals surface area contributed by atoms with Gasteiger partial charge in [0, 0.05) is 18.0 Å². The molecule has 0 spiro atoms. The highest BCUT2D eigenvalue weighted by Gasteiger charge is 2.10. The number of aromatic nitrogens is 3. The Balaban J connectivity index is 2.21. The van der Waals surface area contributed by atoms with E-state index >= 15 is 0 Å². The highest BCUT2D eigenvalue weighted by molar-refractivity contribution is 5.86. The smallest absolute Gasteiger partial charge is 0.167 e. The fraction of sp³-hybridized carbons (Fsp3) is 0.167. The topological polar surface area (TPSA) is 69.9 Å². The highest BCUT2D eigenvalue weighted by atomic mass is 16.5. The first kappa shape index (κ1) is 9.89. The molecule has 3 aromatic rings. The normalized spacial score (nSPS) is 11.2. The summed E-state index contributed by atoms with van der Waals surface area (Å²) >= 11 is 0. The van der Waals surface area contributed by atoms with Gasteiger partial charge in [-0.15, -0.1) is 0 Å². The second-order valence-electron chi connectivity index (χ2n) is 4.05. The molecule has 0 atom stereocenters. The summed E-state index contributed by atoms with van der Waals surface area (Å²) < 4.78 is 6.88. The van der Waals surface area contributed by atoms with E-state index in [4.69, 9.17) is 10.3 Å². The molecule has 5 heteroatoms. The molecular weight excluding hydrogens is 216 g/mol. The summed E-state index contributed by atoms with van der Waals surface area (Å²) in [6.07, 6.45) is 1.75. The van der Waals surface area contributed by atoms with Gasteiger partial charge in [-0.2, -0.15) is 5.10 Å². The maximum absolute atomic E-state index is 5.94. The van der Waals surface area contributed by atoms with Crippen LogP contribution in [0.5, 0.6) is 0 Å². The van der Waals surface area contributed by atoms with Gasteiger partial charge in [0.05, 0.1) is 11.9 Å². The van der Waals surface area contributed by atoms with Gasteiger partial charge in [0.2, 0.25) is 0 Å². The summed E-state index contributed by atoms with van der Waals surface area (Å²) in [6.45, 7) is 1.92. The standard InChI is InChI=1S/C12H12N4O/c1-7-9-4-3-8(5-11(9)17-15-7)10-6-14-16(2)12(10)13/h3-6H,13H2,1-2H3. The first-order valence-electron chi connectivity index (χ1n) is 5.30. The maximum atomic E-state index is 5.94. The van der Waals surface area contributed by atoms with Crippen molar-refractivity contribution in [3.05, 3.63) is 30.1 Å². The zero-order valence-corrected chi connectivity index (χ0v) is 9.64. The molecule has 2 N–H and O–H groups in total. The van der Waals surface area contributed by atoms with Gasteiger partial charge in [-0.1, -0.05) is 11.2 Å². The second-order valence-corrected chi connectivity index (χ2v) is 4.05. The molecule has 0 saturated carbocycles. The number of nitrogens with zero attached hydrogens (tertiary/aromatic N) is 3. The molecule has 86 valence electrons. The van der Waals surface area contributed by atoms with Crippen LogP contribution in [0.3, 0.4) is 0 Å².